The Kier molecular flexibility index (Phi) is 5.64. The lowest BCUT2D eigenvalue weighted by Gasteiger charge is -2.15. The summed E-state index contributed by atoms with van der Waals surface area (Å²) in [7, 11) is 0. The molecule has 0 aliphatic carbocycles. The Bertz CT molecular complexity index is 424. The Morgan fingerprint density at radius 2 is 2.11 bits per heavy atom. The van der Waals surface area contributed by atoms with Crippen LogP contribution in [0.1, 0.15) is 30.4 Å². The second-order valence-electron chi connectivity index (χ2n) is 4.75. The van der Waals surface area contributed by atoms with Crippen LogP contribution in [0.3, 0.4) is 0 Å². The highest BCUT2D eigenvalue weighted by molar-refractivity contribution is 7.99. The fraction of sp³-hybridized carbons (Fsp3) is 0.500. The Morgan fingerprint density at radius 3 is 2.89 bits per heavy atom. The summed E-state index contributed by atoms with van der Waals surface area (Å²) in [6.07, 6.45) is 4.62. The van der Waals surface area contributed by atoms with Gasteiger partial charge in [0.2, 0.25) is 0 Å². The van der Waals surface area contributed by atoms with E-state index in [4.69, 9.17) is 5.73 Å². The number of nitrogens with two attached hydrogens (primary N) is 1. The van der Waals surface area contributed by atoms with Crippen LogP contribution < -0.4 is 5.73 Å². The van der Waals surface area contributed by atoms with Gasteiger partial charge in [0.15, 0.2) is 0 Å². The predicted molar refractivity (Wildman–Crippen MR) is 80.7 cm³/mol. The summed E-state index contributed by atoms with van der Waals surface area (Å²) in [6, 6.07) is 8.58. The molecule has 0 saturated carbocycles. The lowest BCUT2D eigenvalue weighted by molar-refractivity contribution is 0.623. The zero-order valence-corrected chi connectivity index (χ0v) is 11.6. The molecule has 1 saturated heterocycles. The molecule has 0 atom stereocenters. The zero-order chi connectivity index (χ0) is 12.6. The highest BCUT2D eigenvalue weighted by Crippen LogP contribution is 2.21. The molecule has 0 spiro atoms. The van der Waals surface area contributed by atoms with E-state index in [2.05, 4.69) is 47.9 Å². The zero-order valence-electron chi connectivity index (χ0n) is 10.8. The second-order valence-corrected chi connectivity index (χ2v) is 5.97. The summed E-state index contributed by atoms with van der Waals surface area (Å²) in [4.78, 5) is 0. The minimum Gasteiger partial charge on any atom is -0.330 e. The molecule has 0 amide bonds. The monoisotopic (exact) mass is 259 g/mol. The van der Waals surface area contributed by atoms with Crippen molar-refractivity contribution in [1.82, 2.24) is 0 Å². The highest BCUT2D eigenvalue weighted by atomic mass is 32.2. The summed E-state index contributed by atoms with van der Waals surface area (Å²) >= 11 is 2.05. The third kappa shape index (κ3) is 4.40. The fourth-order valence-electron chi connectivity index (χ4n) is 2.14. The van der Waals surface area contributed by atoms with Gasteiger partial charge in [0.25, 0.3) is 0 Å². The van der Waals surface area contributed by atoms with Crippen molar-refractivity contribution in [1.29, 1.82) is 0 Å². The van der Waals surface area contributed by atoms with Crippen LogP contribution in [0.2, 0.25) is 0 Å². The minimum atomic E-state index is 0.610. The van der Waals surface area contributed by atoms with Crippen molar-refractivity contribution in [3.8, 4) is 11.8 Å². The minimum absolute atomic E-state index is 0.610. The average Bonchev–Trinajstić information content (AvgIpc) is 2.44. The van der Waals surface area contributed by atoms with Gasteiger partial charge in [-0.15, -0.1) is 0 Å². The Labute approximate surface area is 115 Å². The van der Waals surface area contributed by atoms with Crippen LogP contribution in [0, 0.1) is 17.8 Å². The molecule has 1 aliphatic rings. The van der Waals surface area contributed by atoms with Crippen LogP contribution in [-0.4, -0.2) is 18.1 Å². The Balaban J connectivity index is 1.97. The number of hydrogen-bond acceptors (Lipinski definition) is 2. The van der Waals surface area contributed by atoms with Gasteiger partial charge in [-0.2, -0.15) is 11.8 Å². The Hall–Kier alpha value is -0.910. The molecule has 1 nitrogen and oxygen atoms in total. The third-order valence-corrected chi connectivity index (χ3v) is 4.29. The molecule has 0 bridgehead atoms. The maximum absolute atomic E-state index is 5.54. The van der Waals surface area contributed by atoms with Crippen molar-refractivity contribution < 1.29 is 0 Å². The molecule has 18 heavy (non-hydrogen) atoms. The molecule has 0 aromatic heterocycles. The van der Waals surface area contributed by atoms with Gasteiger partial charge >= 0.3 is 0 Å². The van der Waals surface area contributed by atoms with Crippen molar-refractivity contribution >= 4 is 11.8 Å². The van der Waals surface area contributed by atoms with Gasteiger partial charge in [0.05, 0.1) is 0 Å². The summed E-state index contributed by atoms with van der Waals surface area (Å²) in [5, 5.41) is 0. The van der Waals surface area contributed by atoms with E-state index in [0.717, 1.165) is 24.9 Å². The van der Waals surface area contributed by atoms with Crippen LogP contribution in [0.5, 0.6) is 0 Å². The van der Waals surface area contributed by atoms with E-state index in [-0.39, 0.29) is 0 Å². The Morgan fingerprint density at radius 1 is 1.28 bits per heavy atom. The van der Waals surface area contributed by atoms with E-state index in [0.29, 0.717) is 5.92 Å². The maximum Gasteiger partial charge on any atom is 0.0248 e. The van der Waals surface area contributed by atoms with Crippen molar-refractivity contribution in [2.75, 3.05) is 18.1 Å². The van der Waals surface area contributed by atoms with Gasteiger partial charge in [0, 0.05) is 11.5 Å². The van der Waals surface area contributed by atoms with Gasteiger partial charge < -0.3 is 5.73 Å². The number of aryl methyl sites for hydroxylation is 1. The molecule has 2 N–H and O–H groups in total. The van der Waals surface area contributed by atoms with Crippen LogP contribution in [-0.2, 0) is 6.42 Å². The molecule has 1 aliphatic heterocycles. The molecule has 1 aromatic carbocycles. The first-order valence-electron chi connectivity index (χ1n) is 6.77. The van der Waals surface area contributed by atoms with Crippen molar-refractivity contribution in [3.63, 3.8) is 0 Å². The summed E-state index contributed by atoms with van der Waals surface area (Å²) in [5.74, 6) is 9.93. The predicted octanol–water partition coefficient (Wildman–Crippen LogP) is 3.07. The first kappa shape index (κ1) is 13.5. The number of benzene rings is 1. The molecule has 2 heteroatoms. The quantitative estimate of drug-likeness (QED) is 0.844. The maximum atomic E-state index is 5.54. The second kappa shape index (κ2) is 7.51. The topological polar surface area (TPSA) is 26.0 Å². The van der Waals surface area contributed by atoms with E-state index in [1.807, 2.05) is 0 Å². The van der Waals surface area contributed by atoms with E-state index in [9.17, 15) is 0 Å². The summed E-state index contributed by atoms with van der Waals surface area (Å²) < 4.78 is 0. The standard InChI is InChI=1S/C16H21NS/c17-10-2-5-15-3-1-4-16(13-15)7-6-14-8-11-18-12-9-14/h1,3-4,13-14H,2,5,8-12,17H2. The van der Waals surface area contributed by atoms with Crippen molar-refractivity contribution in [2.45, 2.75) is 25.7 Å². The first-order chi connectivity index (χ1) is 8.88. The molecule has 2 rings (SSSR count). The van der Waals surface area contributed by atoms with Crippen LogP contribution in [0.4, 0.5) is 0 Å². The number of thioether (sulfide) groups is 1. The lowest BCUT2D eigenvalue weighted by Crippen LogP contribution is -2.06. The molecule has 1 fully saturated rings. The normalized spacial score (nSPS) is 16.1. The molecular weight excluding hydrogens is 238 g/mol. The van der Waals surface area contributed by atoms with Gasteiger partial charge in [-0.25, -0.2) is 0 Å². The highest BCUT2D eigenvalue weighted by Gasteiger charge is 2.10. The number of hydrogen-bond donors (Lipinski definition) is 1. The molecular formula is C16H21NS. The fourth-order valence-corrected chi connectivity index (χ4v) is 3.24. The van der Waals surface area contributed by atoms with Gasteiger partial charge in [-0.1, -0.05) is 24.0 Å². The van der Waals surface area contributed by atoms with Crippen LogP contribution >= 0.6 is 11.8 Å². The first-order valence-corrected chi connectivity index (χ1v) is 7.92. The average molecular weight is 259 g/mol. The van der Waals surface area contributed by atoms with E-state index < -0.39 is 0 Å². The van der Waals surface area contributed by atoms with Gasteiger partial charge in [-0.3, -0.25) is 0 Å². The van der Waals surface area contributed by atoms with E-state index in [1.165, 1.54) is 29.9 Å². The van der Waals surface area contributed by atoms with E-state index in [1.54, 1.807) is 0 Å². The van der Waals surface area contributed by atoms with Crippen molar-refractivity contribution in [3.05, 3.63) is 35.4 Å². The van der Waals surface area contributed by atoms with Gasteiger partial charge in [-0.05, 0) is 61.4 Å². The summed E-state index contributed by atoms with van der Waals surface area (Å²) in [6.45, 7) is 0.760. The largest absolute Gasteiger partial charge is 0.330 e. The van der Waals surface area contributed by atoms with Crippen molar-refractivity contribution in [2.24, 2.45) is 11.7 Å². The number of rotatable bonds is 3. The molecule has 1 aromatic rings. The summed E-state index contributed by atoms with van der Waals surface area (Å²) in [5.41, 5.74) is 8.05. The smallest absolute Gasteiger partial charge is 0.0248 e. The van der Waals surface area contributed by atoms with E-state index >= 15 is 0 Å². The SMILES string of the molecule is NCCCc1cccc(C#CC2CCSCC2)c1. The molecule has 0 radical (unpaired) electrons. The van der Waals surface area contributed by atoms with Crippen LogP contribution in [0.15, 0.2) is 24.3 Å². The van der Waals surface area contributed by atoms with Gasteiger partial charge in [0.1, 0.15) is 0 Å². The molecule has 0 unspecified atom stereocenters. The molecule has 1 heterocycles. The molecule has 96 valence electrons. The lowest BCUT2D eigenvalue weighted by atomic mass is 10.0. The third-order valence-electron chi connectivity index (χ3n) is 3.24. The van der Waals surface area contributed by atoms with Crippen LogP contribution in [0.25, 0.3) is 0 Å².